The summed E-state index contributed by atoms with van der Waals surface area (Å²) < 4.78 is 5.08. The van der Waals surface area contributed by atoms with Crippen LogP contribution in [0.1, 0.15) is 89.4 Å². The van der Waals surface area contributed by atoms with E-state index in [1.165, 1.54) is 62.6 Å². The van der Waals surface area contributed by atoms with Crippen LogP contribution >= 0.6 is 0 Å². The van der Waals surface area contributed by atoms with Gasteiger partial charge in [-0.2, -0.15) is 0 Å². The van der Waals surface area contributed by atoms with Crippen molar-refractivity contribution in [3.05, 3.63) is 71.3 Å². The van der Waals surface area contributed by atoms with Crippen molar-refractivity contribution in [2.45, 2.75) is 63.8 Å². The number of amides is 4. The number of Topliss-reactive ketones (excluding diaryl/α,β-unsaturated/α-hetero) is 1. The van der Waals surface area contributed by atoms with Crippen molar-refractivity contribution < 1.29 is 54.2 Å². The monoisotopic (exact) mass is 722 g/mol. The highest BCUT2D eigenvalue weighted by Gasteiger charge is 2.31. The topological polar surface area (TPSA) is 244 Å². The number of ether oxygens (including phenoxy) is 1. The second-order valence-electron chi connectivity index (χ2n) is 12.3. The minimum atomic E-state index is -0.938. The van der Waals surface area contributed by atoms with E-state index in [9.17, 15) is 49.5 Å². The van der Waals surface area contributed by atoms with Crippen molar-refractivity contribution in [1.29, 1.82) is 0 Å². The Balaban J connectivity index is 1.76. The summed E-state index contributed by atoms with van der Waals surface area (Å²) in [6.45, 7) is 1.78. The first-order chi connectivity index (χ1) is 24.8. The fraction of sp³-hybridized carbons (Fsp3) is 0.378. The molecule has 15 nitrogen and oxygen atoms in total. The Morgan fingerprint density at radius 3 is 1.40 bits per heavy atom. The van der Waals surface area contributed by atoms with E-state index < -0.39 is 46.3 Å². The molecule has 15 heteroatoms. The number of carbonyl (C=O) groups excluding carboxylic acids is 5. The zero-order valence-corrected chi connectivity index (χ0v) is 29.2. The quantitative estimate of drug-likeness (QED) is 0.0605. The molecule has 0 radical (unpaired) electrons. The van der Waals surface area contributed by atoms with E-state index in [0.717, 1.165) is 0 Å². The Kier molecular flexibility index (Phi) is 15.1. The summed E-state index contributed by atoms with van der Waals surface area (Å²) >= 11 is 0. The van der Waals surface area contributed by atoms with E-state index in [1.807, 2.05) is 0 Å². The molecule has 0 fully saturated rings. The highest BCUT2D eigenvalue weighted by molar-refractivity contribution is 5.98. The summed E-state index contributed by atoms with van der Waals surface area (Å²) in [5, 5.41) is 61.3. The predicted molar refractivity (Wildman–Crippen MR) is 190 cm³/mol. The Morgan fingerprint density at radius 1 is 0.596 bits per heavy atom. The summed E-state index contributed by atoms with van der Waals surface area (Å²) in [4.78, 5) is 63.2. The maximum absolute atomic E-state index is 13.2. The second kappa shape index (κ2) is 19.4. The van der Waals surface area contributed by atoms with Gasteiger partial charge in [0.05, 0.1) is 23.8 Å². The lowest BCUT2D eigenvalue weighted by Gasteiger charge is -2.36. The largest absolute Gasteiger partial charge is 0.504 e. The van der Waals surface area contributed by atoms with Gasteiger partial charge in [0.1, 0.15) is 5.78 Å². The number of para-hydroxylation sites is 3. The van der Waals surface area contributed by atoms with Crippen molar-refractivity contribution in [1.82, 2.24) is 21.3 Å². The molecule has 0 saturated carbocycles. The third-order valence-corrected chi connectivity index (χ3v) is 8.44. The van der Waals surface area contributed by atoms with Crippen LogP contribution in [-0.4, -0.2) is 87.2 Å². The van der Waals surface area contributed by atoms with Gasteiger partial charge in [0.15, 0.2) is 34.5 Å². The van der Waals surface area contributed by atoms with Gasteiger partial charge in [0.25, 0.3) is 17.7 Å². The normalized spacial score (nSPS) is 11.0. The third-order valence-electron chi connectivity index (χ3n) is 8.44. The predicted octanol–water partition coefficient (Wildman–Crippen LogP) is 3.38. The molecule has 0 bridgehead atoms. The molecular weight excluding hydrogens is 676 g/mol. The van der Waals surface area contributed by atoms with Gasteiger partial charge < -0.3 is 56.3 Å². The van der Waals surface area contributed by atoms with E-state index in [4.69, 9.17) is 4.74 Å². The highest BCUT2D eigenvalue weighted by atomic mass is 16.5. The lowest BCUT2D eigenvalue weighted by atomic mass is 9.83. The van der Waals surface area contributed by atoms with Gasteiger partial charge in [-0.25, -0.2) is 0 Å². The molecule has 0 atom stereocenters. The number of benzene rings is 3. The Morgan fingerprint density at radius 2 is 1.00 bits per heavy atom. The summed E-state index contributed by atoms with van der Waals surface area (Å²) in [6.07, 6.45) is 1.95. The molecular formula is C37H46N4O11. The van der Waals surface area contributed by atoms with Crippen molar-refractivity contribution >= 4 is 29.4 Å². The molecule has 52 heavy (non-hydrogen) atoms. The summed E-state index contributed by atoms with van der Waals surface area (Å²) in [5.74, 6) is -4.51. The lowest BCUT2D eigenvalue weighted by Crippen LogP contribution is -2.50. The molecule has 4 amide bonds. The van der Waals surface area contributed by atoms with Gasteiger partial charge in [0.2, 0.25) is 5.91 Å². The molecule has 9 N–H and O–H groups in total. The number of methoxy groups -OCH3 is 1. The van der Waals surface area contributed by atoms with Gasteiger partial charge in [-0.1, -0.05) is 18.2 Å². The minimum absolute atomic E-state index is 0.0187. The molecule has 280 valence electrons. The summed E-state index contributed by atoms with van der Waals surface area (Å²) in [5.41, 5.74) is -1.15. The van der Waals surface area contributed by atoms with Crippen LogP contribution in [-0.2, 0) is 9.59 Å². The molecule has 0 aliphatic carbocycles. The highest BCUT2D eigenvalue weighted by Crippen LogP contribution is 2.31. The van der Waals surface area contributed by atoms with E-state index in [2.05, 4.69) is 21.3 Å². The van der Waals surface area contributed by atoms with Crippen LogP contribution in [0, 0.1) is 0 Å². The maximum Gasteiger partial charge on any atom is 0.255 e. The molecule has 0 aliphatic rings. The molecule has 3 aromatic carbocycles. The number of nitrogens with one attached hydrogen (secondary N) is 4. The number of rotatable bonds is 20. The smallest absolute Gasteiger partial charge is 0.255 e. The van der Waals surface area contributed by atoms with Crippen molar-refractivity contribution in [3.63, 3.8) is 0 Å². The fourth-order valence-electron chi connectivity index (χ4n) is 5.68. The molecule has 0 unspecified atom stereocenters. The molecule has 0 spiro atoms. The minimum Gasteiger partial charge on any atom is -0.504 e. The van der Waals surface area contributed by atoms with Gasteiger partial charge >= 0.3 is 0 Å². The molecule has 3 rings (SSSR count). The first kappa shape index (κ1) is 40.4. The second-order valence-corrected chi connectivity index (χ2v) is 12.3. The van der Waals surface area contributed by atoms with Crippen LogP contribution in [0.3, 0.4) is 0 Å². The first-order valence-corrected chi connectivity index (χ1v) is 16.8. The van der Waals surface area contributed by atoms with Gasteiger partial charge in [-0.05, 0) is 81.8 Å². The van der Waals surface area contributed by atoms with Crippen LogP contribution in [0.25, 0.3) is 0 Å². The Hall–Kier alpha value is -5.99. The zero-order valence-electron chi connectivity index (χ0n) is 29.2. The number of carbonyl (C=O) groups is 5. The molecule has 0 heterocycles. The third kappa shape index (κ3) is 11.5. The van der Waals surface area contributed by atoms with Crippen LogP contribution in [0.2, 0.25) is 0 Å². The SMILES string of the molecule is COc1cccc(C(=O)NCCCC(CCCNC(=O)c2cccc(O)c2O)(CCCNC(=O)c2cccc(O)c2O)NC(=O)CCC(C)=O)c1O. The average molecular weight is 723 g/mol. The van der Waals surface area contributed by atoms with Gasteiger partial charge in [-0.15, -0.1) is 0 Å². The van der Waals surface area contributed by atoms with E-state index in [-0.39, 0.29) is 72.4 Å². The lowest BCUT2D eigenvalue weighted by molar-refractivity contribution is -0.126. The number of phenols is 5. The summed E-state index contributed by atoms with van der Waals surface area (Å²) in [7, 11) is 1.37. The number of hydrogen-bond acceptors (Lipinski definition) is 11. The number of hydrogen-bond donors (Lipinski definition) is 9. The van der Waals surface area contributed by atoms with Crippen LogP contribution in [0.15, 0.2) is 54.6 Å². The Labute approximate surface area is 301 Å². The number of ketones is 1. The van der Waals surface area contributed by atoms with Crippen molar-refractivity contribution in [3.8, 4) is 34.5 Å². The summed E-state index contributed by atoms with van der Waals surface area (Å²) in [6, 6.07) is 12.6. The van der Waals surface area contributed by atoms with Gasteiger partial charge in [0, 0.05) is 38.0 Å². The van der Waals surface area contributed by atoms with Gasteiger partial charge in [-0.3, -0.25) is 19.2 Å². The number of phenolic OH excluding ortho intramolecular Hbond substituents is 5. The van der Waals surface area contributed by atoms with E-state index in [1.54, 1.807) is 6.07 Å². The van der Waals surface area contributed by atoms with Crippen LogP contribution in [0.5, 0.6) is 34.5 Å². The number of aromatic hydroxyl groups is 5. The van der Waals surface area contributed by atoms with Crippen molar-refractivity contribution in [2.24, 2.45) is 0 Å². The van der Waals surface area contributed by atoms with E-state index in [0.29, 0.717) is 38.5 Å². The van der Waals surface area contributed by atoms with Crippen LogP contribution in [0.4, 0.5) is 0 Å². The molecule has 0 saturated heterocycles. The molecule has 3 aromatic rings. The van der Waals surface area contributed by atoms with Crippen molar-refractivity contribution in [2.75, 3.05) is 26.7 Å². The first-order valence-electron chi connectivity index (χ1n) is 16.8. The molecule has 0 aromatic heterocycles. The average Bonchev–Trinajstić information content (AvgIpc) is 3.11. The fourth-order valence-corrected chi connectivity index (χ4v) is 5.68. The van der Waals surface area contributed by atoms with E-state index >= 15 is 0 Å². The Bertz CT molecular complexity index is 1670. The van der Waals surface area contributed by atoms with Crippen LogP contribution < -0.4 is 26.0 Å². The zero-order chi connectivity index (χ0) is 38.3. The maximum atomic E-state index is 13.2. The molecule has 0 aliphatic heterocycles. The standard InChI is InChI=1S/C37H46N4O11/c1-23(42)15-16-30(45)41-37(17-6-20-38-34(49)24-9-3-12-27(43)31(24)46,18-7-21-39-35(50)25-10-4-13-28(44)32(25)47)19-8-22-40-36(51)26-11-5-14-29(52-2)33(26)48/h3-5,9-14,43-44,46-48H,6-8,15-22H2,1-2H3,(H,38,49)(H,39,50)(H,40,51)(H,41,45).